The highest BCUT2D eigenvalue weighted by Crippen LogP contribution is 2.36. The molecule has 0 radical (unpaired) electrons. The maximum atomic E-state index is 11.7. The Balaban J connectivity index is 2.74. The number of ether oxygens (including phenoxy) is 2. The molecule has 1 rings (SSSR count). The van der Waals surface area contributed by atoms with Gasteiger partial charge in [-0.2, -0.15) is 0 Å². The van der Waals surface area contributed by atoms with E-state index in [4.69, 9.17) is 9.47 Å². The number of methoxy groups -OCH3 is 1. The number of rotatable bonds is 6. The van der Waals surface area contributed by atoms with Crippen LogP contribution in [0.3, 0.4) is 0 Å². The van der Waals surface area contributed by atoms with E-state index >= 15 is 0 Å². The number of hydrogen-bond acceptors (Lipinski definition) is 3. The normalized spacial score (nSPS) is 12.1. The Morgan fingerprint density at radius 3 is 2.39 bits per heavy atom. The van der Waals surface area contributed by atoms with E-state index in [0.29, 0.717) is 11.5 Å². The minimum absolute atomic E-state index is 0.0328. The third kappa shape index (κ3) is 3.99. The Morgan fingerprint density at radius 1 is 1.28 bits per heavy atom. The highest BCUT2D eigenvalue weighted by molar-refractivity contribution is 9.11. The highest BCUT2D eigenvalue weighted by atomic mass is 79.9. The number of Topliss-reactive ketones (excluding diaryl/α,β-unsaturated/α-hetero) is 1. The molecule has 0 saturated heterocycles. The fourth-order valence-electron chi connectivity index (χ4n) is 1.30. The molecule has 0 aromatic heterocycles. The largest absolute Gasteiger partial charge is 0.496 e. The van der Waals surface area contributed by atoms with Crippen LogP contribution in [-0.4, -0.2) is 19.5 Å². The molecule has 0 aliphatic carbocycles. The SMILES string of the molecule is CCC(C)C(=O)COc1cc(Br)c(OC)cc1Br. The molecule has 3 nitrogen and oxygen atoms in total. The van der Waals surface area contributed by atoms with E-state index in [0.717, 1.165) is 15.4 Å². The molecule has 0 amide bonds. The van der Waals surface area contributed by atoms with E-state index in [1.54, 1.807) is 19.2 Å². The first-order chi connectivity index (χ1) is 8.49. The van der Waals surface area contributed by atoms with Crippen molar-refractivity contribution in [3.8, 4) is 11.5 Å². The van der Waals surface area contributed by atoms with E-state index in [2.05, 4.69) is 31.9 Å². The molecule has 0 heterocycles. The number of carbonyl (C=O) groups excluding carboxylic acids is 1. The summed E-state index contributed by atoms with van der Waals surface area (Å²) < 4.78 is 12.2. The summed E-state index contributed by atoms with van der Waals surface area (Å²) in [5.74, 6) is 1.48. The molecule has 0 N–H and O–H groups in total. The minimum Gasteiger partial charge on any atom is -0.496 e. The maximum absolute atomic E-state index is 11.7. The lowest BCUT2D eigenvalue weighted by atomic mass is 10.1. The zero-order valence-electron chi connectivity index (χ0n) is 10.6. The van der Waals surface area contributed by atoms with E-state index in [1.165, 1.54) is 0 Å². The van der Waals surface area contributed by atoms with Crippen LogP contribution in [0.2, 0.25) is 0 Å². The van der Waals surface area contributed by atoms with Gasteiger partial charge in [0.15, 0.2) is 5.78 Å². The van der Waals surface area contributed by atoms with E-state index in [-0.39, 0.29) is 18.3 Å². The average molecular weight is 380 g/mol. The Labute approximate surface area is 124 Å². The fraction of sp³-hybridized carbons (Fsp3) is 0.462. The van der Waals surface area contributed by atoms with Crippen molar-refractivity contribution in [3.05, 3.63) is 21.1 Å². The molecule has 5 heteroatoms. The number of carbonyl (C=O) groups is 1. The fourth-order valence-corrected chi connectivity index (χ4v) is 2.22. The zero-order valence-corrected chi connectivity index (χ0v) is 13.8. The second kappa shape index (κ2) is 7.14. The average Bonchev–Trinajstić information content (AvgIpc) is 2.37. The molecule has 0 saturated carbocycles. The topological polar surface area (TPSA) is 35.5 Å². The second-order valence-electron chi connectivity index (χ2n) is 3.98. The summed E-state index contributed by atoms with van der Waals surface area (Å²) in [6.45, 7) is 3.99. The molecule has 1 unspecified atom stereocenters. The minimum atomic E-state index is 0.0328. The summed E-state index contributed by atoms with van der Waals surface area (Å²) in [5, 5.41) is 0. The van der Waals surface area contributed by atoms with Crippen molar-refractivity contribution in [2.75, 3.05) is 13.7 Å². The molecule has 0 aliphatic heterocycles. The third-order valence-electron chi connectivity index (χ3n) is 2.74. The van der Waals surface area contributed by atoms with Crippen LogP contribution in [0.25, 0.3) is 0 Å². The lowest BCUT2D eigenvalue weighted by Gasteiger charge is -2.12. The summed E-state index contributed by atoms with van der Waals surface area (Å²) >= 11 is 6.77. The Bertz CT molecular complexity index is 432. The van der Waals surface area contributed by atoms with Crippen molar-refractivity contribution in [2.45, 2.75) is 20.3 Å². The van der Waals surface area contributed by atoms with Gasteiger partial charge < -0.3 is 9.47 Å². The molecular weight excluding hydrogens is 364 g/mol. The smallest absolute Gasteiger partial charge is 0.172 e. The van der Waals surface area contributed by atoms with Gasteiger partial charge in [0, 0.05) is 5.92 Å². The van der Waals surface area contributed by atoms with Gasteiger partial charge in [-0.15, -0.1) is 0 Å². The van der Waals surface area contributed by atoms with Crippen LogP contribution in [0.1, 0.15) is 20.3 Å². The van der Waals surface area contributed by atoms with Crippen LogP contribution < -0.4 is 9.47 Å². The first kappa shape index (κ1) is 15.5. The van der Waals surface area contributed by atoms with Gasteiger partial charge in [-0.1, -0.05) is 13.8 Å². The van der Waals surface area contributed by atoms with E-state index in [1.807, 2.05) is 13.8 Å². The maximum Gasteiger partial charge on any atom is 0.172 e. The molecule has 1 aromatic rings. The number of halogens is 2. The first-order valence-electron chi connectivity index (χ1n) is 5.68. The van der Waals surface area contributed by atoms with Crippen molar-refractivity contribution in [2.24, 2.45) is 5.92 Å². The predicted octanol–water partition coefficient (Wildman–Crippen LogP) is 4.21. The van der Waals surface area contributed by atoms with Gasteiger partial charge in [-0.05, 0) is 50.4 Å². The summed E-state index contributed by atoms with van der Waals surface area (Å²) in [6, 6.07) is 3.58. The van der Waals surface area contributed by atoms with Crippen molar-refractivity contribution < 1.29 is 14.3 Å². The number of benzene rings is 1. The van der Waals surface area contributed by atoms with E-state index in [9.17, 15) is 4.79 Å². The van der Waals surface area contributed by atoms with Crippen LogP contribution >= 0.6 is 31.9 Å². The number of ketones is 1. The van der Waals surface area contributed by atoms with Gasteiger partial charge >= 0.3 is 0 Å². The summed E-state index contributed by atoms with van der Waals surface area (Å²) in [6.07, 6.45) is 0.829. The van der Waals surface area contributed by atoms with Gasteiger partial charge in [0.1, 0.15) is 18.1 Å². The third-order valence-corrected chi connectivity index (χ3v) is 3.98. The van der Waals surface area contributed by atoms with Crippen molar-refractivity contribution in [3.63, 3.8) is 0 Å². The van der Waals surface area contributed by atoms with Gasteiger partial charge in [-0.25, -0.2) is 0 Å². The lowest BCUT2D eigenvalue weighted by Crippen LogP contribution is -2.18. The van der Waals surface area contributed by atoms with Crippen LogP contribution in [0.4, 0.5) is 0 Å². The highest BCUT2D eigenvalue weighted by Gasteiger charge is 2.13. The van der Waals surface area contributed by atoms with Gasteiger partial charge in [0.25, 0.3) is 0 Å². The standard InChI is InChI=1S/C13H16Br2O3/c1-4-8(2)11(16)7-18-13-6-9(14)12(17-3)5-10(13)15/h5-6,8H,4,7H2,1-3H3. The summed E-state index contributed by atoms with van der Waals surface area (Å²) in [7, 11) is 1.60. The Kier molecular flexibility index (Phi) is 6.15. The molecule has 0 fully saturated rings. The Hall–Kier alpha value is -0.550. The molecule has 0 spiro atoms. The van der Waals surface area contributed by atoms with Gasteiger partial charge in [-0.3, -0.25) is 4.79 Å². The first-order valence-corrected chi connectivity index (χ1v) is 7.26. The zero-order chi connectivity index (χ0) is 13.7. The van der Waals surface area contributed by atoms with Crippen LogP contribution in [0.15, 0.2) is 21.1 Å². The second-order valence-corrected chi connectivity index (χ2v) is 5.69. The monoisotopic (exact) mass is 378 g/mol. The lowest BCUT2D eigenvalue weighted by molar-refractivity contribution is -0.124. The van der Waals surface area contributed by atoms with Gasteiger partial charge in [0.05, 0.1) is 16.1 Å². The van der Waals surface area contributed by atoms with E-state index < -0.39 is 0 Å². The number of hydrogen-bond donors (Lipinski definition) is 0. The van der Waals surface area contributed by atoms with Crippen LogP contribution in [0.5, 0.6) is 11.5 Å². The quantitative estimate of drug-likeness (QED) is 0.742. The van der Waals surface area contributed by atoms with Gasteiger partial charge in [0.2, 0.25) is 0 Å². The Morgan fingerprint density at radius 2 is 1.83 bits per heavy atom. The molecule has 1 atom stereocenters. The summed E-state index contributed by atoms with van der Waals surface area (Å²) in [4.78, 5) is 11.7. The van der Waals surface area contributed by atoms with Crippen molar-refractivity contribution in [1.29, 1.82) is 0 Å². The summed E-state index contributed by atoms with van der Waals surface area (Å²) in [5.41, 5.74) is 0. The van der Waals surface area contributed by atoms with Crippen molar-refractivity contribution in [1.82, 2.24) is 0 Å². The molecule has 0 bridgehead atoms. The van der Waals surface area contributed by atoms with Crippen LogP contribution in [-0.2, 0) is 4.79 Å². The van der Waals surface area contributed by atoms with Crippen LogP contribution in [0, 0.1) is 5.92 Å². The molecule has 18 heavy (non-hydrogen) atoms. The molecule has 100 valence electrons. The molecule has 0 aliphatic rings. The van der Waals surface area contributed by atoms with Crippen molar-refractivity contribution >= 4 is 37.6 Å². The predicted molar refractivity (Wildman–Crippen MR) is 78.4 cm³/mol. The molecule has 1 aromatic carbocycles. The molecular formula is C13H16Br2O3.